The highest BCUT2D eigenvalue weighted by Crippen LogP contribution is 2.22. The van der Waals surface area contributed by atoms with E-state index in [4.69, 9.17) is 4.74 Å². The average molecular weight is 365 g/mol. The van der Waals surface area contributed by atoms with Crippen LogP contribution in [0.25, 0.3) is 0 Å². The molecule has 2 aromatic carbocycles. The van der Waals surface area contributed by atoms with Crippen molar-refractivity contribution in [1.82, 2.24) is 5.32 Å². The van der Waals surface area contributed by atoms with Crippen LogP contribution in [0.4, 0.5) is 0 Å². The molecule has 0 aliphatic rings. The Morgan fingerprint density at radius 1 is 1.00 bits per heavy atom. The van der Waals surface area contributed by atoms with Crippen LogP contribution in [-0.4, -0.2) is 11.9 Å². The van der Waals surface area contributed by atoms with E-state index in [0.29, 0.717) is 17.0 Å². The van der Waals surface area contributed by atoms with Crippen molar-refractivity contribution in [3.05, 3.63) is 93.7 Å². The molecule has 1 atom stereocenters. The van der Waals surface area contributed by atoms with Crippen molar-refractivity contribution in [2.75, 3.05) is 0 Å². The van der Waals surface area contributed by atoms with Gasteiger partial charge in [0.05, 0.1) is 0 Å². The lowest BCUT2D eigenvalue weighted by Crippen LogP contribution is -2.31. The highest BCUT2D eigenvalue weighted by atomic mass is 32.1. The van der Waals surface area contributed by atoms with Crippen LogP contribution in [-0.2, 0) is 16.1 Å². The number of aryl methyl sites for hydroxylation is 1. The van der Waals surface area contributed by atoms with E-state index in [0.717, 1.165) is 11.1 Å². The molecule has 0 aliphatic heterocycles. The molecule has 0 unspecified atom stereocenters. The number of thiophene rings is 1. The standard InChI is InChI=1S/C21H19NO3S/c1-15-9-11-17(12-10-15)19(25-21(24)18-8-5-13-26-18)20(23)22-14-16-6-3-2-4-7-16/h2-13,19H,14H2,1H3,(H,22,23)/t19-/m0/s1. The first-order valence-corrected chi connectivity index (χ1v) is 9.14. The van der Waals surface area contributed by atoms with Crippen LogP contribution in [0.1, 0.15) is 32.5 Å². The van der Waals surface area contributed by atoms with E-state index in [1.807, 2.05) is 61.5 Å². The molecule has 1 amide bonds. The lowest BCUT2D eigenvalue weighted by molar-refractivity contribution is -0.130. The second kappa shape index (κ2) is 8.45. The Balaban J connectivity index is 1.76. The number of benzene rings is 2. The predicted molar refractivity (Wildman–Crippen MR) is 102 cm³/mol. The highest BCUT2D eigenvalue weighted by molar-refractivity contribution is 7.11. The summed E-state index contributed by atoms with van der Waals surface area (Å²) < 4.78 is 5.53. The van der Waals surface area contributed by atoms with Gasteiger partial charge in [0, 0.05) is 12.1 Å². The number of hydrogen-bond acceptors (Lipinski definition) is 4. The van der Waals surface area contributed by atoms with E-state index in [1.165, 1.54) is 11.3 Å². The Morgan fingerprint density at radius 3 is 2.38 bits per heavy atom. The molecule has 132 valence electrons. The molecular formula is C21H19NO3S. The minimum Gasteiger partial charge on any atom is -0.443 e. The summed E-state index contributed by atoms with van der Waals surface area (Å²) in [7, 11) is 0. The maximum absolute atomic E-state index is 12.7. The lowest BCUT2D eigenvalue weighted by atomic mass is 10.1. The summed E-state index contributed by atoms with van der Waals surface area (Å²) in [6, 6.07) is 20.5. The van der Waals surface area contributed by atoms with Crippen LogP contribution in [0, 0.1) is 6.92 Å². The first kappa shape index (κ1) is 17.9. The topological polar surface area (TPSA) is 55.4 Å². The lowest BCUT2D eigenvalue weighted by Gasteiger charge is -2.18. The molecule has 1 heterocycles. The van der Waals surface area contributed by atoms with Gasteiger partial charge in [-0.1, -0.05) is 66.2 Å². The van der Waals surface area contributed by atoms with E-state index in [-0.39, 0.29) is 5.91 Å². The van der Waals surface area contributed by atoms with Gasteiger partial charge in [0.15, 0.2) is 0 Å². The van der Waals surface area contributed by atoms with E-state index >= 15 is 0 Å². The van der Waals surface area contributed by atoms with Gasteiger partial charge in [0.25, 0.3) is 5.91 Å². The molecular weight excluding hydrogens is 346 g/mol. The molecule has 1 aromatic heterocycles. The van der Waals surface area contributed by atoms with Gasteiger partial charge in [-0.15, -0.1) is 11.3 Å². The largest absolute Gasteiger partial charge is 0.443 e. The smallest absolute Gasteiger partial charge is 0.349 e. The van der Waals surface area contributed by atoms with Crippen LogP contribution < -0.4 is 5.32 Å². The van der Waals surface area contributed by atoms with Crippen molar-refractivity contribution in [3.8, 4) is 0 Å². The van der Waals surface area contributed by atoms with Gasteiger partial charge in [0.2, 0.25) is 6.10 Å². The van der Waals surface area contributed by atoms with Gasteiger partial charge in [-0.3, -0.25) is 4.79 Å². The van der Waals surface area contributed by atoms with Crippen LogP contribution in [0.2, 0.25) is 0 Å². The molecule has 0 saturated carbocycles. The zero-order valence-corrected chi connectivity index (χ0v) is 15.2. The fraction of sp³-hybridized carbons (Fsp3) is 0.143. The van der Waals surface area contributed by atoms with Crippen molar-refractivity contribution < 1.29 is 14.3 Å². The van der Waals surface area contributed by atoms with E-state index in [9.17, 15) is 9.59 Å². The summed E-state index contributed by atoms with van der Waals surface area (Å²) in [6.07, 6.45) is -0.992. The molecule has 1 N–H and O–H groups in total. The van der Waals surface area contributed by atoms with Crippen molar-refractivity contribution in [2.24, 2.45) is 0 Å². The van der Waals surface area contributed by atoms with E-state index in [1.54, 1.807) is 17.5 Å². The molecule has 3 rings (SSSR count). The van der Waals surface area contributed by atoms with Crippen molar-refractivity contribution in [1.29, 1.82) is 0 Å². The minimum absolute atomic E-state index is 0.345. The minimum atomic E-state index is -0.992. The summed E-state index contributed by atoms with van der Waals surface area (Å²) in [5, 5.41) is 4.65. The molecule has 0 radical (unpaired) electrons. The Kier molecular flexibility index (Phi) is 5.81. The number of carbonyl (C=O) groups is 2. The summed E-state index contributed by atoms with van der Waals surface area (Å²) in [5.74, 6) is -0.844. The summed E-state index contributed by atoms with van der Waals surface area (Å²) in [4.78, 5) is 25.5. The summed E-state index contributed by atoms with van der Waals surface area (Å²) in [5.41, 5.74) is 2.70. The number of hydrogen-bond donors (Lipinski definition) is 1. The van der Waals surface area contributed by atoms with Crippen molar-refractivity contribution in [3.63, 3.8) is 0 Å². The number of amides is 1. The van der Waals surface area contributed by atoms with Gasteiger partial charge in [0.1, 0.15) is 4.88 Å². The van der Waals surface area contributed by atoms with Gasteiger partial charge in [-0.2, -0.15) is 0 Å². The first-order valence-electron chi connectivity index (χ1n) is 8.26. The van der Waals surface area contributed by atoms with Crippen LogP contribution in [0.5, 0.6) is 0 Å². The maximum Gasteiger partial charge on any atom is 0.349 e. The average Bonchev–Trinajstić information content (AvgIpc) is 3.21. The van der Waals surface area contributed by atoms with Crippen molar-refractivity contribution in [2.45, 2.75) is 19.6 Å². The molecule has 5 heteroatoms. The first-order chi connectivity index (χ1) is 12.6. The number of rotatable bonds is 6. The predicted octanol–water partition coefficient (Wildman–Crippen LogP) is 4.27. The normalized spacial score (nSPS) is 11.6. The monoisotopic (exact) mass is 365 g/mol. The number of carbonyl (C=O) groups excluding carboxylic acids is 2. The Labute approximate surface area is 156 Å². The fourth-order valence-electron chi connectivity index (χ4n) is 2.45. The van der Waals surface area contributed by atoms with Gasteiger partial charge in [-0.05, 0) is 23.9 Å². The molecule has 0 spiro atoms. The van der Waals surface area contributed by atoms with Gasteiger partial charge >= 0.3 is 5.97 Å². The summed E-state index contributed by atoms with van der Waals surface area (Å²) in [6.45, 7) is 2.34. The zero-order valence-electron chi connectivity index (χ0n) is 14.3. The van der Waals surface area contributed by atoms with Crippen LogP contribution >= 0.6 is 11.3 Å². The second-order valence-electron chi connectivity index (χ2n) is 5.88. The fourth-order valence-corrected chi connectivity index (χ4v) is 3.06. The number of nitrogens with one attached hydrogen (secondary N) is 1. The van der Waals surface area contributed by atoms with Gasteiger partial charge in [-0.25, -0.2) is 4.79 Å². The van der Waals surface area contributed by atoms with Crippen LogP contribution in [0.15, 0.2) is 72.1 Å². The number of esters is 1. The van der Waals surface area contributed by atoms with E-state index in [2.05, 4.69) is 5.32 Å². The highest BCUT2D eigenvalue weighted by Gasteiger charge is 2.25. The molecule has 0 aliphatic carbocycles. The maximum atomic E-state index is 12.7. The third kappa shape index (κ3) is 4.58. The van der Waals surface area contributed by atoms with Crippen molar-refractivity contribution >= 4 is 23.2 Å². The molecule has 3 aromatic rings. The zero-order chi connectivity index (χ0) is 18.4. The quantitative estimate of drug-likeness (QED) is 0.664. The molecule has 4 nitrogen and oxygen atoms in total. The molecule has 0 fully saturated rings. The molecule has 0 saturated heterocycles. The van der Waals surface area contributed by atoms with Gasteiger partial charge < -0.3 is 10.1 Å². The second-order valence-corrected chi connectivity index (χ2v) is 6.82. The molecule has 26 heavy (non-hydrogen) atoms. The Hall–Kier alpha value is -2.92. The Bertz CT molecular complexity index is 858. The SMILES string of the molecule is Cc1ccc([C@H](OC(=O)c2cccs2)C(=O)NCc2ccccc2)cc1. The molecule has 0 bridgehead atoms. The van der Waals surface area contributed by atoms with Crippen LogP contribution in [0.3, 0.4) is 0 Å². The Morgan fingerprint density at radius 2 is 1.73 bits per heavy atom. The third-order valence-electron chi connectivity index (χ3n) is 3.88. The third-order valence-corrected chi connectivity index (χ3v) is 4.72. The van der Waals surface area contributed by atoms with E-state index < -0.39 is 12.1 Å². The summed E-state index contributed by atoms with van der Waals surface area (Å²) >= 11 is 1.29. The number of ether oxygens (including phenoxy) is 1.